The summed E-state index contributed by atoms with van der Waals surface area (Å²) in [5, 5.41) is 4.12. The zero-order chi connectivity index (χ0) is 14.3. The molecular formula is C13H13BrFN5. The van der Waals surface area contributed by atoms with E-state index in [1.807, 2.05) is 22.4 Å². The van der Waals surface area contributed by atoms with Crippen LogP contribution in [0.2, 0.25) is 0 Å². The lowest BCUT2D eigenvalue weighted by molar-refractivity contribution is 0.619. The molecule has 0 bridgehead atoms. The van der Waals surface area contributed by atoms with Crippen LogP contribution < -0.4 is 5.73 Å². The summed E-state index contributed by atoms with van der Waals surface area (Å²) in [4.78, 5) is 4.26. The molecule has 2 N–H and O–H groups in total. The Morgan fingerprint density at radius 1 is 1.40 bits per heavy atom. The van der Waals surface area contributed by atoms with Crippen molar-refractivity contribution >= 4 is 32.9 Å². The molecule has 1 aromatic carbocycles. The second-order valence-corrected chi connectivity index (χ2v) is 5.43. The van der Waals surface area contributed by atoms with Gasteiger partial charge in [0, 0.05) is 38.0 Å². The number of halogens is 2. The van der Waals surface area contributed by atoms with Gasteiger partial charge in [0.1, 0.15) is 5.82 Å². The van der Waals surface area contributed by atoms with Gasteiger partial charge in [0.15, 0.2) is 0 Å². The Hall–Kier alpha value is -1.89. The van der Waals surface area contributed by atoms with Crippen LogP contribution in [0.25, 0.3) is 11.0 Å². The highest BCUT2D eigenvalue weighted by Gasteiger charge is 2.12. The molecule has 0 amide bonds. The van der Waals surface area contributed by atoms with Crippen molar-refractivity contribution in [2.75, 3.05) is 5.73 Å². The molecule has 5 nitrogen and oxygen atoms in total. The second-order valence-electron chi connectivity index (χ2n) is 4.57. The molecule has 2 heterocycles. The Morgan fingerprint density at radius 3 is 2.90 bits per heavy atom. The van der Waals surface area contributed by atoms with E-state index in [9.17, 15) is 4.39 Å². The van der Waals surface area contributed by atoms with Gasteiger partial charge in [-0.25, -0.2) is 9.37 Å². The summed E-state index contributed by atoms with van der Waals surface area (Å²) in [7, 11) is 1.89. The summed E-state index contributed by atoms with van der Waals surface area (Å²) < 4.78 is 17.7. The van der Waals surface area contributed by atoms with Crippen molar-refractivity contribution in [3.8, 4) is 0 Å². The van der Waals surface area contributed by atoms with Crippen LogP contribution >= 0.6 is 15.9 Å². The van der Waals surface area contributed by atoms with Crippen LogP contribution in [0.15, 0.2) is 28.9 Å². The van der Waals surface area contributed by atoms with Gasteiger partial charge in [-0.1, -0.05) is 0 Å². The smallest absolute Gasteiger partial charge is 0.201 e. The number of rotatable bonds is 3. The lowest BCUT2D eigenvalue weighted by Gasteiger charge is -2.07. The van der Waals surface area contributed by atoms with Crippen molar-refractivity contribution in [3.05, 3.63) is 40.4 Å². The van der Waals surface area contributed by atoms with Gasteiger partial charge in [-0.05, 0) is 28.1 Å². The van der Waals surface area contributed by atoms with Crippen LogP contribution in [-0.2, 0) is 20.0 Å². The van der Waals surface area contributed by atoms with Gasteiger partial charge >= 0.3 is 0 Å². The van der Waals surface area contributed by atoms with E-state index in [2.05, 4.69) is 26.0 Å². The first-order valence-electron chi connectivity index (χ1n) is 6.14. The van der Waals surface area contributed by atoms with E-state index in [1.165, 1.54) is 6.07 Å². The molecular weight excluding hydrogens is 325 g/mol. The number of aromatic nitrogens is 4. The second kappa shape index (κ2) is 4.90. The lowest BCUT2D eigenvalue weighted by atomic mass is 10.2. The van der Waals surface area contributed by atoms with E-state index in [1.54, 1.807) is 12.3 Å². The highest BCUT2D eigenvalue weighted by atomic mass is 79.9. The van der Waals surface area contributed by atoms with Crippen LogP contribution in [0, 0.1) is 5.82 Å². The minimum atomic E-state index is -0.320. The van der Waals surface area contributed by atoms with Gasteiger partial charge in [0.25, 0.3) is 0 Å². The normalized spacial score (nSPS) is 11.3. The van der Waals surface area contributed by atoms with E-state index in [0.717, 1.165) is 12.1 Å². The largest absolute Gasteiger partial charge is 0.369 e. The first-order chi connectivity index (χ1) is 9.56. The van der Waals surface area contributed by atoms with Gasteiger partial charge in [0.05, 0.1) is 15.5 Å². The van der Waals surface area contributed by atoms with Gasteiger partial charge in [0.2, 0.25) is 5.95 Å². The third kappa shape index (κ3) is 2.18. The minimum absolute atomic E-state index is 0.320. The molecule has 0 unspecified atom stereocenters. The summed E-state index contributed by atoms with van der Waals surface area (Å²) in [5.74, 6) is 0.0684. The van der Waals surface area contributed by atoms with Gasteiger partial charge in [-0.15, -0.1) is 0 Å². The number of imidazole rings is 1. The minimum Gasteiger partial charge on any atom is -0.369 e. The molecule has 0 fully saturated rings. The van der Waals surface area contributed by atoms with Crippen molar-refractivity contribution in [1.82, 2.24) is 19.3 Å². The Labute approximate surface area is 123 Å². The van der Waals surface area contributed by atoms with Gasteiger partial charge < -0.3 is 10.3 Å². The molecule has 104 valence electrons. The summed E-state index contributed by atoms with van der Waals surface area (Å²) >= 11 is 3.15. The lowest BCUT2D eigenvalue weighted by Crippen LogP contribution is -2.08. The highest BCUT2D eigenvalue weighted by Crippen LogP contribution is 2.25. The maximum atomic E-state index is 13.7. The monoisotopic (exact) mass is 337 g/mol. The Balaban J connectivity index is 1.97. The number of hydrogen-bond acceptors (Lipinski definition) is 3. The molecule has 7 heteroatoms. The zero-order valence-corrected chi connectivity index (χ0v) is 12.4. The Bertz CT molecular complexity index is 777. The topological polar surface area (TPSA) is 61.7 Å². The zero-order valence-electron chi connectivity index (χ0n) is 10.8. The Kier molecular flexibility index (Phi) is 3.21. The molecule has 0 atom stereocenters. The molecule has 0 radical (unpaired) electrons. The predicted octanol–water partition coefficient (Wildman–Crippen LogP) is 2.50. The molecule has 0 saturated carbocycles. The molecule has 20 heavy (non-hydrogen) atoms. The summed E-state index contributed by atoms with van der Waals surface area (Å²) in [6.07, 6.45) is 2.51. The number of nitrogens with two attached hydrogens (primary N) is 1. The van der Waals surface area contributed by atoms with Gasteiger partial charge in [-0.3, -0.25) is 4.68 Å². The molecule has 0 aliphatic carbocycles. The number of hydrogen-bond donors (Lipinski definition) is 1. The van der Waals surface area contributed by atoms with Crippen molar-refractivity contribution < 1.29 is 4.39 Å². The molecule has 3 aromatic rings. The summed E-state index contributed by atoms with van der Waals surface area (Å²) in [5.41, 5.74) is 8.39. The predicted molar refractivity (Wildman–Crippen MR) is 78.7 cm³/mol. The molecule has 0 spiro atoms. The third-order valence-corrected chi connectivity index (χ3v) is 3.94. The Morgan fingerprint density at radius 2 is 2.20 bits per heavy atom. The van der Waals surface area contributed by atoms with Gasteiger partial charge in [-0.2, -0.15) is 5.10 Å². The van der Waals surface area contributed by atoms with Crippen LogP contribution in [0.1, 0.15) is 5.69 Å². The van der Waals surface area contributed by atoms with Crippen molar-refractivity contribution in [1.29, 1.82) is 0 Å². The van der Waals surface area contributed by atoms with E-state index in [4.69, 9.17) is 5.73 Å². The quantitative estimate of drug-likeness (QED) is 0.798. The van der Waals surface area contributed by atoms with Crippen LogP contribution in [0.4, 0.5) is 10.3 Å². The highest BCUT2D eigenvalue weighted by molar-refractivity contribution is 9.10. The van der Waals surface area contributed by atoms with E-state index in [0.29, 0.717) is 28.0 Å². The van der Waals surface area contributed by atoms with Crippen molar-refractivity contribution in [2.45, 2.75) is 13.0 Å². The number of fused-ring (bicyclic) bond motifs is 1. The maximum absolute atomic E-state index is 13.7. The third-order valence-electron chi connectivity index (χ3n) is 3.33. The average Bonchev–Trinajstić information content (AvgIpc) is 2.92. The van der Waals surface area contributed by atoms with E-state index < -0.39 is 0 Å². The number of nitrogens with zero attached hydrogens (tertiary/aromatic N) is 4. The molecule has 0 aliphatic rings. The van der Waals surface area contributed by atoms with Crippen LogP contribution in [0.3, 0.4) is 0 Å². The number of benzene rings is 1. The molecule has 3 rings (SSSR count). The average molecular weight is 338 g/mol. The fourth-order valence-electron chi connectivity index (χ4n) is 2.25. The first-order valence-corrected chi connectivity index (χ1v) is 6.93. The van der Waals surface area contributed by atoms with Crippen LogP contribution in [-0.4, -0.2) is 19.3 Å². The fourth-order valence-corrected chi connectivity index (χ4v) is 2.58. The van der Waals surface area contributed by atoms with E-state index in [-0.39, 0.29) is 5.82 Å². The fraction of sp³-hybridized carbons (Fsp3) is 0.231. The standard InChI is InChI=1S/C13H13BrFN5/c1-19-8(2-4-17-19)3-5-20-12-7-10(15)9(14)6-11(12)18-13(20)16/h2,4,6-7H,3,5H2,1H3,(H2,16,18). The SMILES string of the molecule is Cn1nccc1CCn1c(N)nc2cc(Br)c(F)cc21. The molecule has 2 aromatic heterocycles. The summed E-state index contributed by atoms with van der Waals surface area (Å²) in [6.45, 7) is 0.628. The number of anilines is 1. The van der Waals surface area contributed by atoms with E-state index >= 15 is 0 Å². The first kappa shape index (κ1) is 13.1. The van der Waals surface area contributed by atoms with Crippen LogP contribution in [0.5, 0.6) is 0 Å². The molecule has 0 saturated heterocycles. The summed E-state index contributed by atoms with van der Waals surface area (Å²) in [6, 6.07) is 5.04. The maximum Gasteiger partial charge on any atom is 0.201 e. The number of aryl methyl sites for hydroxylation is 3. The number of nitrogen functional groups attached to an aromatic ring is 1. The van der Waals surface area contributed by atoms with Crippen molar-refractivity contribution in [2.24, 2.45) is 7.05 Å². The van der Waals surface area contributed by atoms with Crippen molar-refractivity contribution in [3.63, 3.8) is 0 Å². The molecule has 0 aliphatic heterocycles.